The second kappa shape index (κ2) is 11.1. The van der Waals surface area contributed by atoms with Gasteiger partial charge < -0.3 is 18.5 Å². The molecule has 2 aromatic heterocycles. The molecule has 4 aromatic rings. The highest BCUT2D eigenvalue weighted by atomic mass is 32.2. The predicted octanol–water partition coefficient (Wildman–Crippen LogP) is 6.03. The van der Waals surface area contributed by atoms with Crippen molar-refractivity contribution in [1.82, 2.24) is 4.57 Å². The van der Waals surface area contributed by atoms with Crippen molar-refractivity contribution in [1.29, 1.82) is 0 Å². The standard InChI is InChI=1S/C27H31NO6S/c1-3-32-25(9-6-18-35(29,30)31)21-11-13-23(14-12-21)33-17-16-28-20(2)10-15-24(28)27-19-22-7-4-5-8-26(22)34-27/h4-5,7-8,10-15,19,25H,3,6,9,16-18H2,1-2H3,(H,29,30,31). The van der Waals surface area contributed by atoms with Crippen LogP contribution in [0, 0.1) is 6.92 Å². The molecule has 0 fully saturated rings. The zero-order valence-corrected chi connectivity index (χ0v) is 20.8. The molecule has 0 radical (unpaired) electrons. The van der Waals surface area contributed by atoms with E-state index < -0.39 is 10.1 Å². The fraction of sp³-hybridized carbons (Fsp3) is 0.333. The molecule has 0 bridgehead atoms. The normalized spacial score (nSPS) is 12.8. The van der Waals surface area contributed by atoms with E-state index >= 15 is 0 Å². The largest absolute Gasteiger partial charge is 0.492 e. The molecule has 0 saturated heterocycles. The van der Waals surface area contributed by atoms with Crippen molar-refractivity contribution in [3.63, 3.8) is 0 Å². The van der Waals surface area contributed by atoms with Crippen LogP contribution in [0.1, 0.15) is 37.1 Å². The van der Waals surface area contributed by atoms with E-state index in [1.165, 1.54) is 0 Å². The van der Waals surface area contributed by atoms with Gasteiger partial charge in [-0.1, -0.05) is 30.3 Å². The first-order valence-electron chi connectivity index (χ1n) is 11.8. The molecule has 35 heavy (non-hydrogen) atoms. The molecule has 1 N–H and O–H groups in total. The summed E-state index contributed by atoms with van der Waals surface area (Å²) < 4.78 is 51.0. The van der Waals surface area contributed by atoms with Crippen LogP contribution in [0.5, 0.6) is 5.75 Å². The lowest BCUT2D eigenvalue weighted by atomic mass is 10.1. The van der Waals surface area contributed by atoms with Crippen LogP contribution < -0.4 is 4.74 Å². The van der Waals surface area contributed by atoms with Gasteiger partial charge in [-0.05, 0) is 68.7 Å². The summed E-state index contributed by atoms with van der Waals surface area (Å²) in [7, 11) is -3.97. The summed E-state index contributed by atoms with van der Waals surface area (Å²) in [6.07, 6.45) is 0.598. The lowest BCUT2D eigenvalue weighted by Gasteiger charge is -2.18. The molecule has 0 aliphatic rings. The van der Waals surface area contributed by atoms with Crippen molar-refractivity contribution < 1.29 is 26.9 Å². The Morgan fingerprint density at radius 2 is 1.83 bits per heavy atom. The third-order valence-electron chi connectivity index (χ3n) is 5.95. The van der Waals surface area contributed by atoms with E-state index in [9.17, 15) is 8.42 Å². The molecule has 0 spiro atoms. The minimum atomic E-state index is -3.97. The molecule has 2 heterocycles. The van der Waals surface area contributed by atoms with E-state index in [-0.39, 0.29) is 11.9 Å². The number of rotatable bonds is 12. The maximum Gasteiger partial charge on any atom is 0.264 e. The first kappa shape index (κ1) is 25.0. The first-order chi connectivity index (χ1) is 16.8. The van der Waals surface area contributed by atoms with E-state index in [1.807, 2.05) is 55.5 Å². The van der Waals surface area contributed by atoms with Crippen molar-refractivity contribution in [3.8, 4) is 17.2 Å². The maximum atomic E-state index is 11.0. The number of fused-ring (bicyclic) bond motifs is 1. The molecule has 1 atom stereocenters. The summed E-state index contributed by atoms with van der Waals surface area (Å²) in [5.41, 5.74) is 3.96. The SMILES string of the molecule is CCOC(CCCS(=O)(=O)O)c1ccc(OCCn2c(C)ccc2-c2cc3ccccc3o2)cc1. The van der Waals surface area contributed by atoms with Crippen molar-refractivity contribution in [2.75, 3.05) is 19.0 Å². The fourth-order valence-corrected chi connectivity index (χ4v) is 4.75. The monoisotopic (exact) mass is 497 g/mol. The number of nitrogens with zero attached hydrogens (tertiary/aromatic N) is 1. The average molecular weight is 498 g/mol. The second-order valence-corrected chi connectivity index (χ2v) is 10.0. The van der Waals surface area contributed by atoms with Gasteiger partial charge in [0.05, 0.1) is 24.1 Å². The molecule has 4 rings (SSSR count). The molecule has 0 aliphatic carbocycles. The second-order valence-electron chi connectivity index (χ2n) is 8.45. The minimum Gasteiger partial charge on any atom is -0.492 e. The summed E-state index contributed by atoms with van der Waals surface area (Å²) in [6, 6.07) is 21.8. The smallest absolute Gasteiger partial charge is 0.264 e. The van der Waals surface area contributed by atoms with Crippen LogP contribution in [0.25, 0.3) is 22.4 Å². The van der Waals surface area contributed by atoms with Gasteiger partial charge in [0.15, 0.2) is 5.76 Å². The Morgan fingerprint density at radius 1 is 1.06 bits per heavy atom. The van der Waals surface area contributed by atoms with Crippen LogP contribution in [0.3, 0.4) is 0 Å². The molecule has 1 unspecified atom stereocenters. The summed E-state index contributed by atoms with van der Waals surface area (Å²) in [5.74, 6) is 1.31. The van der Waals surface area contributed by atoms with Gasteiger partial charge in [0.25, 0.3) is 10.1 Å². The van der Waals surface area contributed by atoms with Gasteiger partial charge in [0.2, 0.25) is 0 Å². The van der Waals surface area contributed by atoms with E-state index in [1.54, 1.807) is 0 Å². The van der Waals surface area contributed by atoms with Crippen LogP contribution in [0.2, 0.25) is 0 Å². The Morgan fingerprint density at radius 3 is 2.54 bits per heavy atom. The molecule has 0 saturated carbocycles. The Labute approximate surface area is 206 Å². The molecular formula is C27H31NO6S. The van der Waals surface area contributed by atoms with Crippen molar-refractivity contribution in [2.24, 2.45) is 0 Å². The molecule has 186 valence electrons. The van der Waals surface area contributed by atoms with Crippen LogP contribution in [-0.4, -0.2) is 36.5 Å². The number of aromatic nitrogens is 1. The number of aryl methyl sites for hydroxylation is 1. The molecular weight excluding hydrogens is 466 g/mol. The summed E-state index contributed by atoms with van der Waals surface area (Å²) in [4.78, 5) is 0. The minimum absolute atomic E-state index is 0.232. The van der Waals surface area contributed by atoms with Gasteiger partial charge in [-0.15, -0.1) is 0 Å². The summed E-state index contributed by atoms with van der Waals surface area (Å²) in [6.45, 7) is 5.64. The summed E-state index contributed by atoms with van der Waals surface area (Å²) >= 11 is 0. The fourth-order valence-electron chi connectivity index (χ4n) is 4.22. The highest BCUT2D eigenvalue weighted by Gasteiger charge is 2.15. The zero-order valence-electron chi connectivity index (χ0n) is 20.0. The number of hydrogen-bond acceptors (Lipinski definition) is 5. The molecule has 0 amide bonds. The quantitative estimate of drug-likeness (QED) is 0.240. The van der Waals surface area contributed by atoms with Gasteiger partial charge in [-0.2, -0.15) is 8.42 Å². The van der Waals surface area contributed by atoms with E-state index in [0.29, 0.717) is 32.6 Å². The maximum absolute atomic E-state index is 11.0. The molecule has 7 nitrogen and oxygen atoms in total. The van der Waals surface area contributed by atoms with Crippen molar-refractivity contribution in [2.45, 2.75) is 39.3 Å². The van der Waals surface area contributed by atoms with Crippen LogP contribution in [0.4, 0.5) is 0 Å². The summed E-state index contributed by atoms with van der Waals surface area (Å²) in [5, 5.41) is 1.08. The third-order valence-corrected chi connectivity index (χ3v) is 6.75. The Hall–Kier alpha value is -3.07. The van der Waals surface area contributed by atoms with Crippen molar-refractivity contribution in [3.05, 3.63) is 78.0 Å². The van der Waals surface area contributed by atoms with Crippen LogP contribution in [0.15, 0.2) is 71.1 Å². The predicted molar refractivity (Wildman–Crippen MR) is 136 cm³/mol. The molecule has 2 aromatic carbocycles. The van der Waals surface area contributed by atoms with E-state index in [0.717, 1.165) is 39.4 Å². The van der Waals surface area contributed by atoms with E-state index in [2.05, 4.69) is 29.7 Å². The lowest BCUT2D eigenvalue weighted by molar-refractivity contribution is 0.0557. The van der Waals surface area contributed by atoms with Crippen LogP contribution >= 0.6 is 0 Å². The number of benzene rings is 2. The molecule has 8 heteroatoms. The van der Waals surface area contributed by atoms with Gasteiger partial charge in [0, 0.05) is 17.7 Å². The Balaban J connectivity index is 1.37. The average Bonchev–Trinajstić information content (AvgIpc) is 3.41. The Bertz CT molecular complexity index is 1320. The number of para-hydroxylation sites is 1. The van der Waals surface area contributed by atoms with Gasteiger partial charge in [-0.25, -0.2) is 0 Å². The third kappa shape index (κ3) is 6.54. The highest BCUT2D eigenvalue weighted by Crippen LogP contribution is 2.29. The lowest BCUT2D eigenvalue weighted by Crippen LogP contribution is -2.11. The van der Waals surface area contributed by atoms with Crippen molar-refractivity contribution >= 4 is 21.1 Å². The van der Waals surface area contributed by atoms with E-state index in [4.69, 9.17) is 18.4 Å². The first-order valence-corrected chi connectivity index (χ1v) is 13.4. The van der Waals surface area contributed by atoms with Gasteiger partial charge >= 0.3 is 0 Å². The number of furan rings is 1. The highest BCUT2D eigenvalue weighted by molar-refractivity contribution is 7.85. The molecule has 0 aliphatic heterocycles. The van der Waals surface area contributed by atoms with Crippen LogP contribution in [-0.2, 0) is 21.4 Å². The zero-order chi connectivity index (χ0) is 24.8. The van der Waals surface area contributed by atoms with Gasteiger partial charge in [-0.3, -0.25) is 4.55 Å². The number of ether oxygens (including phenoxy) is 2. The Kier molecular flexibility index (Phi) is 7.95. The topological polar surface area (TPSA) is 90.9 Å². The number of hydrogen-bond donors (Lipinski definition) is 1. The van der Waals surface area contributed by atoms with Gasteiger partial charge in [0.1, 0.15) is 17.9 Å².